The van der Waals surface area contributed by atoms with Crippen molar-refractivity contribution in [3.8, 4) is 0 Å². The first-order valence-corrected chi connectivity index (χ1v) is 5.39. The maximum Gasteiger partial charge on any atom is 0.220 e. The van der Waals surface area contributed by atoms with Crippen molar-refractivity contribution in [1.29, 1.82) is 0 Å². The predicted octanol–water partition coefficient (Wildman–Crippen LogP) is 3.14. The van der Waals surface area contributed by atoms with Crippen LogP contribution < -0.4 is 0 Å². The molecule has 1 saturated heterocycles. The Bertz CT molecular complexity index is 239. The van der Waals surface area contributed by atoms with Gasteiger partial charge < -0.3 is 9.58 Å². The minimum atomic E-state index is -0.0484. The van der Waals surface area contributed by atoms with Gasteiger partial charge in [0.25, 0.3) is 0 Å². The van der Waals surface area contributed by atoms with Crippen LogP contribution in [0.3, 0.4) is 0 Å². The highest BCUT2D eigenvalue weighted by Crippen LogP contribution is 2.44. The van der Waals surface area contributed by atoms with Gasteiger partial charge in [-0.2, -0.15) is 0 Å². The zero-order chi connectivity index (χ0) is 10.8. The number of hydrogen-bond donors (Lipinski definition) is 0. The van der Waals surface area contributed by atoms with E-state index in [1.54, 1.807) is 0 Å². The predicted molar refractivity (Wildman–Crippen MR) is 58.0 cm³/mol. The van der Waals surface area contributed by atoms with Gasteiger partial charge >= 0.3 is 0 Å². The van der Waals surface area contributed by atoms with Crippen molar-refractivity contribution in [3.05, 3.63) is 11.4 Å². The topological polar surface area (TPSA) is 13.6 Å². The molecule has 1 unspecified atom stereocenters. The average molecular weight is 195 g/mol. The molecule has 1 aliphatic heterocycles. The highest BCUT2D eigenvalue weighted by molar-refractivity contribution is 4.96. The Morgan fingerprint density at radius 2 is 2.07 bits per heavy atom. The van der Waals surface area contributed by atoms with Crippen molar-refractivity contribution >= 4 is 0 Å². The molecule has 0 bridgehead atoms. The molecule has 0 aromatic carbocycles. The normalized spacial score (nSPS) is 31.4. The van der Waals surface area contributed by atoms with E-state index in [9.17, 15) is 0 Å². The van der Waals surface area contributed by atoms with Gasteiger partial charge in [0.1, 0.15) is 0 Å². The second-order valence-electron chi connectivity index (χ2n) is 5.37. The Kier molecular flexibility index (Phi) is 3.21. The zero-order valence-electron chi connectivity index (χ0n) is 9.76. The Labute approximate surface area is 87.5 Å². The van der Waals surface area contributed by atoms with Gasteiger partial charge in [-0.25, -0.2) is 6.57 Å². The lowest BCUT2D eigenvalue weighted by molar-refractivity contribution is -0.113. The lowest BCUT2D eigenvalue weighted by Crippen LogP contribution is -2.45. The van der Waals surface area contributed by atoms with Crippen LogP contribution in [0.15, 0.2) is 0 Å². The summed E-state index contributed by atoms with van der Waals surface area (Å²) in [5.74, 6) is 0.569. The molecule has 0 saturated carbocycles. The van der Waals surface area contributed by atoms with E-state index in [4.69, 9.17) is 11.3 Å². The molecule has 0 aromatic heterocycles. The van der Waals surface area contributed by atoms with Crippen LogP contribution in [0.4, 0.5) is 0 Å². The summed E-state index contributed by atoms with van der Waals surface area (Å²) in [6, 6.07) is 0. The molecule has 14 heavy (non-hydrogen) atoms. The molecule has 0 N–H and O–H groups in total. The fraction of sp³-hybridized carbons (Fsp3) is 0.917. The third kappa shape index (κ3) is 2.27. The van der Waals surface area contributed by atoms with Gasteiger partial charge in [0.2, 0.25) is 6.54 Å². The molecule has 0 aromatic rings. The quantitative estimate of drug-likeness (QED) is 0.617. The molecule has 0 radical (unpaired) electrons. The van der Waals surface area contributed by atoms with Crippen LogP contribution in [0.1, 0.15) is 40.5 Å². The second-order valence-corrected chi connectivity index (χ2v) is 5.37. The smallest absolute Gasteiger partial charge is 0.220 e. The SMILES string of the molecule is [C-]#[N+]CC1(C(C)C)CCOC(C)(C)C1. The van der Waals surface area contributed by atoms with Gasteiger partial charge in [0, 0.05) is 12.0 Å². The monoisotopic (exact) mass is 195 g/mol. The summed E-state index contributed by atoms with van der Waals surface area (Å²) in [4.78, 5) is 3.61. The molecule has 0 amide bonds. The van der Waals surface area contributed by atoms with Gasteiger partial charge in [-0.1, -0.05) is 13.8 Å². The highest BCUT2D eigenvalue weighted by atomic mass is 16.5. The summed E-state index contributed by atoms with van der Waals surface area (Å²) in [5.41, 5.74) is 0.136. The summed E-state index contributed by atoms with van der Waals surface area (Å²) in [5, 5.41) is 0. The van der Waals surface area contributed by atoms with E-state index in [0.29, 0.717) is 12.5 Å². The molecular weight excluding hydrogens is 174 g/mol. The zero-order valence-corrected chi connectivity index (χ0v) is 9.76. The van der Waals surface area contributed by atoms with E-state index in [0.717, 1.165) is 19.4 Å². The summed E-state index contributed by atoms with van der Waals surface area (Å²) >= 11 is 0. The van der Waals surface area contributed by atoms with E-state index in [2.05, 4.69) is 32.5 Å². The Morgan fingerprint density at radius 3 is 2.50 bits per heavy atom. The molecule has 80 valence electrons. The standard InChI is InChI=1S/C12H21NO/c1-10(2)12(9-13-5)6-7-14-11(3,4)8-12/h10H,6-9H2,1-4H3. The molecule has 2 nitrogen and oxygen atoms in total. The minimum absolute atomic E-state index is 0.0484. The summed E-state index contributed by atoms with van der Waals surface area (Å²) < 4.78 is 5.71. The first kappa shape index (κ1) is 11.5. The van der Waals surface area contributed by atoms with Crippen LogP contribution in [-0.4, -0.2) is 18.8 Å². The number of hydrogen-bond acceptors (Lipinski definition) is 1. The fourth-order valence-electron chi connectivity index (χ4n) is 2.49. The van der Waals surface area contributed by atoms with Crippen molar-refractivity contribution in [2.24, 2.45) is 11.3 Å². The maximum absolute atomic E-state index is 7.07. The fourth-order valence-corrected chi connectivity index (χ4v) is 2.49. The summed E-state index contributed by atoms with van der Waals surface area (Å²) in [6.45, 7) is 17.2. The first-order chi connectivity index (χ1) is 6.42. The van der Waals surface area contributed by atoms with E-state index in [1.807, 2.05) is 0 Å². The first-order valence-electron chi connectivity index (χ1n) is 5.39. The number of rotatable bonds is 2. The van der Waals surface area contributed by atoms with Crippen molar-refractivity contribution in [2.75, 3.05) is 13.2 Å². The van der Waals surface area contributed by atoms with Crippen LogP contribution in [0.25, 0.3) is 4.85 Å². The third-order valence-electron chi connectivity index (χ3n) is 3.49. The average Bonchev–Trinajstić information content (AvgIpc) is 2.02. The van der Waals surface area contributed by atoms with Crippen molar-refractivity contribution in [1.82, 2.24) is 0 Å². The van der Waals surface area contributed by atoms with Crippen LogP contribution in [-0.2, 0) is 4.74 Å². The van der Waals surface area contributed by atoms with E-state index >= 15 is 0 Å². The molecule has 1 aliphatic rings. The van der Waals surface area contributed by atoms with Crippen molar-refractivity contribution in [2.45, 2.75) is 46.1 Å². The molecule has 1 heterocycles. The summed E-state index contributed by atoms with van der Waals surface area (Å²) in [7, 11) is 0. The van der Waals surface area contributed by atoms with Crippen LogP contribution in [0.5, 0.6) is 0 Å². The molecule has 1 atom stereocenters. The Hall–Kier alpha value is -0.550. The molecule has 0 spiro atoms. The van der Waals surface area contributed by atoms with E-state index in [-0.39, 0.29) is 11.0 Å². The largest absolute Gasteiger partial charge is 0.376 e. The lowest BCUT2D eigenvalue weighted by atomic mass is 9.67. The van der Waals surface area contributed by atoms with Gasteiger partial charge in [-0.15, -0.1) is 0 Å². The molecule has 1 rings (SSSR count). The third-order valence-corrected chi connectivity index (χ3v) is 3.49. The number of nitrogens with zero attached hydrogens (tertiary/aromatic N) is 1. The van der Waals surface area contributed by atoms with Gasteiger partial charge in [0.05, 0.1) is 5.60 Å². The lowest BCUT2D eigenvalue weighted by Gasteiger charge is -2.44. The van der Waals surface area contributed by atoms with Crippen molar-refractivity contribution < 1.29 is 4.74 Å². The van der Waals surface area contributed by atoms with Gasteiger partial charge in [-0.05, 0) is 32.6 Å². The van der Waals surface area contributed by atoms with E-state index < -0.39 is 0 Å². The molecular formula is C12H21NO. The Balaban J connectivity index is 2.83. The minimum Gasteiger partial charge on any atom is -0.376 e. The van der Waals surface area contributed by atoms with Crippen LogP contribution in [0.2, 0.25) is 0 Å². The van der Waals surface area contributed by atoms with Gasteiger partial charge in [-0.3, -0.25) is 0 Å². The van der Waals surface area contributed by atoms with Crippen LogP contribution in [0, 0.1) is 17.9 Å². The molecule has 1 fully saturated rings. The maximum atomic E-state index is 7.07. The summed E-state index contributed by atoms with van der Waals surface area (Å²) in [6.07, 6.45) is 2.05. The van der Waals surface area contributed by atoms with Crippen LogP contribution >= 0.6 is 0 Å². The second kappa shape index (κ2) is 3.90. The van der Waals surface area contributed by atoms with E-state index in [1.165, 1.54) is 0 Å². The number of ether oxygens (including phenoxy) is 1. The Morgan fingerprint density at radius 1 is 1.43 bits per heavy atom. The molecule has 0 aliphatic carbocycles. The van der Waals surface area contributed by atoms with Crippen molar-refractivity contribution in [3.63, 3.8) is 0 Å². The van der Waals surface area contributed by atoms with Gasteiger partial charge in [0.15, 0.2) is 0 Å². The highest BCUT2D eigenvalue weighted by Gasteiger charge is 2.45. The molecule has 2 heteroatoms.